The van der Waals surface area contributed by atoms with Crippen LogP contribution < -0.4 is 5.73 Å². The summed E-state index contributed by atoms with van der Waals surface area (Å²) < 4.78 is 5.07. The Morgan fingerprint density at radius 2 is 2.28 bits per heavy atom. The molecule has 1 fully saturated rings. The number of furan rings is 1. The Bertz CT molecular complexity index is 482. The van der Waals surface area contributed by atoms with E-state index in [2.05, 4.69) is 0 Å². The van der Waals surface area contributed by atoms with Gasteiger partial charge < -0.3 is 20.2 Å². The van der Waals surface area contributed by atoms with Gasteiger partial charge in [-0.15, -0.1) is 0 Å². The van der Waals surface area contributed by atoms with E-state index in [-0.39, 0.29) is 18.9 Å². The molecule has 0 aromatic carbocycles. The number of carbonyl (C=O) groups is 2. The second-order valence-corrected chi connectivity index (χ2v) is 4.62. The zero-order chi connectivity index (χ0) is 13.3. The highest BCUT2D eigenvalue weighted by molar-refractivity contribution is 5.96. The van der Waals surface area contributed by atoms with Crippen LogP contribution in [0.2, 0.25) is 0 Å². The second-order valence-electron chi connectivity index (χ2n) is 4.62. The van der Waals surface area contributed by atoms with Gasteiger partial charge >= 0.3 is 0 Å². The van der Waals surface area contributed by atoms with Crippen molar-refractivity contribution in [1.82, 2.24) is 4.90 Å². The summed E-state index contributed by atoms with van der Waals surface area (Å²) in [4.78, 5) is 24.8. The van der Waals surface area contributed by atoms with Gasteiger partial charge in [-0.05, 0) is 25.8 Å². The Balaban J connectivity index is 2.17. The minimum Gasteiger partial charge on any atom is -0.469 e. The number of carbonyl (C=O) groups excluding carboxylic acids is 2. The third-order valence-corrected chi connectivity index (χ3v) is 3.31. The molecule has 1 aromatic heterocycles. The van der Waals surface area contributed by atoms with Gasteiger partial charge in [0, 0.05) is 6.54 Å². The standard InChI is InChI=1S/C12H16N2O4/c1-8-9(3-6-18-8)10(15)14-5-2-4-12(17,7-14)11(13)16/h3,6,17H,2,4-5,7H2,1H3,(H2,13,16)/t12-/m0/s1. The van der Waals surface area contributed by atoms with Crippen molar-refractivity contribution in [3.05, 3.63) is 23.7 Å². The summed E-state index contributed by atoms with van der Waals surface area (Å²) in [7, 11) is 0. The van der Waals surface area contributed by atoms with E-state index in [0.29, 0.717) is 24.3 Å². The molecule has 1 atom stereocenters. The second kappa shape index (κ2) is 4.45. The summed E-state index contributed by atoms with van der Waals surface area (Å²) >= 11 is 0. The van der Waals surface area contributed by atoms with Crippen molar-refractivity contribution in [2.75, 3.05) is 13.1 Å². The monoisotopic (exact) mass is 252 g/mol. The van der Waals surface area contributed by atoms with Gasteiger partial charge in [-0.2, -0.15) is 0 Å². The fourth-order valence-electron chi connectivity index (χ4n) is 2.19. The predicted octanol–water partition coefficient (Wildman–Crippen LogP) is 0.0404. The molecule has 3 N–H and O–H groups in total. The van der Waals surface area contributed by atoms with E-state index in [1.165, 1.54) is 11.2 Å². The van der Waals surface area contributed by atoms with Gasteiger partial charge in [0.15, 0.2) is 5.60 Å². The van der Waals surface area contributed by atoms with Gasteiger partial charge in [0.2, 0.25) is 0 Å². The molecule has 6 heteroatoms. The van der Waals surface area contributed by atoms with Gasteiger partial charge in [0.05, 0.1) is 18.4 Å². The lowest BCUT2D eigenvalue weighted by molar-refractivity contribution is -0.140. The van der Waals surface area contributed by atoms with Crippen molar-refractivity contribution >= 4 is 11.8 Å². The molecule has 2 amide bonds. The SMILES string of the molecule is Cc1occc1C(=O)N1CCC[C@@](O)(C(N)=O)C1. The minimum absolute atomic E-state index is 0.0637. The van der Waals surface area contributed by atoms with E-state index in [0.717, 1.165) is 0 Å². The average Bonchev–Trinajstić information content (AvgIpc) is 2.74. The normalized spacial score (nSPS) is 24.0. The lowest BCUT2D eigenvalue weighted by Gasteiger charge is -2.36. The number of β-amino-alcohol motifs (C(OH)–C–C–N with tert-alkyl or cyclic N) is 1. The number of nitrogens with zero attached hydrogens (tertiary/aromatic N) is 1. The molecule has 1 aromatic rings. The van der Waals surface area contributed by atoms with E-state index in [1.807, 2.05) is 0 Å². The highest BCUT2D eigenvalue weighted by Crippen LogP contribution is 2.23. The maximum atomic E-state index is 12.2. The van der Waals surface area contributed by atoms with E-state index in [9.17, 15) is 14.7 Å². The molecule has 2 heterocycles. The molecule has 0 bridgehead atoms. The number of piperidine rings is 1. The topological polar surface area (TPSA) is 96.8 Å². The molecule has 6 nitrogen and oxygen atoms in total. The van der Waals surface area contributed by atoms with Crippen LogP contribution in [0.25, 0.3) is 0 Å². The van der Waals surface area contributed by atoms with Gasteiger partial charge in [-0.25, -0.2) is 0 Å². The summed E-state index contributed by atoms with van der Waals surface area (Å²) in [5.41, 5.74) is 4.00. The summed E-state index contributed by atoms with van der Waals surface area (Å²) in [6, 6.07) is 1.58. The Hall–Kier alpha value is -1.82. The van der Waals surface area contributed by atoms with Gasteiger partial charge in [-0.1, -0.05) is 0 Å². The van der Waals surface area contributed by atoms with Crippen molar-refractivity contribution in [1.29, 1.82) is 0 Å². The summed E-state index contributed by atoms with van der Waals surface area (Å²) in [5.74, 6) is -0.516. The van der Waals surface area contributed by atoms with Crippen LogP contribution in [0, 0.1) is 6.92 Å². The number of likely N-dealkylation sites (tertiary alicyclic amines) is 1. The first-order valence-corrected chi connectivity index (χ1v) is 5.80. The number of aliphatic hydroxyl groups is 1. The maximum Gasteiger partial charge on any atom is 0.257 e. The number of aryl methyl sites for hydroxylation is 1. The van der Waals surface area contributed by atoms with Crippen molar-refractivity contribution in [2.24, 2.45) is 5.73 Å². The highest BCUT2D eigenvalue weighted by atomic mass is 16.3. The van der Waals surface area contributed by atoms with Crippen LogP contribution in [-0.4, -0.2) is 40.5 Å². The molecule has 1 aliphatic heterocycles. The number of nitrogens with two attached hydrogens (primary N) is 1. The van der Waals surface area contributed by atoms with Crippen molar-refractivity contribution in [3.8, 4) is 0 Å². The van der Waals surface area contributed by atoms with Crippen LogP contribution in [-0.2, 0) is 4.79 Å². The van der Waals surface area contributed by atoms with Crippen LogP contribution in [0.5, 0.6) is 0 Å². The molecular formula is C12H16N2O4. The molecule has 0 aliphatic carbocycles. The molecule has 0 saturated carbocycles. The third kappa shape index (κ3) is 2.11. The fraction of sp³-hybridized carbons (Fsp3) is 0.500. The van der Waals surface area contributed by atoms with E-state index >= 15 is 0 Å². The van der Waals surface area contributed by atoms with E-state index in [1.54, 1.807) is 13.0 Å². The van der Waals surface area contributed by atoms with Crippen LogP contribution in [0.15, 0.2) is 16.7 Å². The molecule has 0 radical (unpaired) electrons. The largest absolute Gasteiger partial charge is 0.469 e. The quantitative estimate of drug-likeness (QED) is 0.776. The summed E-state index contributed by atoms with van der Waals surface area (Å²) in [5, 5.41) is 10.0. The van der Waals surface area contributed by atoms with E-state index in [4.69, 9.17) is 10.2 Å². The first-order chi connectivity index (χ1) is 8.44. The summed E-state index contributed by atoms with van der Waals surface area (Å²) in [6.07, 6.45) is 2.27. The van der Waals surface area contributed by atoms with Gasteiger partial charge in [0.1, 0.15) is 5.76 Å². The number of hydrogen-bond acceptors (Lipinski definition) is 4. The lowest BCUT2D eigenvalue weighted by atomic mass is 9.92. The number of hydrogen-bond donors (Lipinski definition) is 2. The zero-order valence-electron chi connectivity index (χ0n) is 10.2. The van der Waals surface area contributed by atoms with Crippen molar-refractivity contribution in [2.45, 2.75) is 25.4 Å². The Labute approximate surface area is 104 Å². The minimum atomic E-state index is -1.62. The first-order valence-electron chi connectivity index (χ1n) is 5.80. The van der Waals surface area contributed by atoms with Crippen LogP contribution in [0.1, 0.15) is 29.0 Å². The zero-order valence-corrected chi connectivity index (χ0v) is 10.2. The first kappa shape index (κ1) is 12.6. The van der Waals surface area contributed by atoms with Crippen LogP contribution in [0.4, 0.5) is 0 Å². The molecule has 18 heavy (non-hydrogen) atoms. The predicted molar refractivity (Wildman–Crippen MR) is 62.7 cm³/mol. The molecule has 0 unspecified atom stereocenters. The Morgan fingerprint density at radius 1 is 1.56 bits per heavy atom. The number of rotatable bonds is 2. The van der Waals surface area contributed by atoms with Crippen molar-refractivity contribution in [3.63, 3.8) is 0 Å². The molecule has 1 saturated heterocycles. The lowest BCUT2D eigenvalue weighted by Crippen LogP contribution is -2.57. The molecule has 2 rings (SSSR count). The van der Waals surface area contributed by atoms with Crippen LogP contribution >= 0.6 is 0 Å². The average molecular weight is 252 g/mol. The molecule has 98 valence electrons. The van der Waals surface area contributed by atoms with Crippen LogP contribution in [0.3, 0.4) is 0 Å². The summed E-state index contributed by atoms with van der Waals surface area (Å²) in [6.45, 7) is 2.13. The Morgan fingerprint density at radius 3 is 2.83 bits per heavy atom. The molecule has 0 spiro atoms. The maximum absolute atomic E-state index is 12.2. The highest BCUT2D eigenvalue weighted by Gasteiger charge is 2.40. The van der Waals surface area contributed by atoms with Crippen molar-refractivity contribution < 1.29 is 19.1 Å². The fourth-order valence-corrected chi connectivity index (χ4v) is 2.19. The molecule has 1 aliphatic rings. The number of amides is 2. The Kier molecular flexibility index (Phi) is 3.13. The van der Waals surface area contributed by atoms with Gasteiger partial charge in [0.25, 0.3) is 11.8 Å². The van der Waals surface area contributed by atoms with Gasteiger partial charge in [-0.3, -0.25) is 9.59 Å². The number of primary amides is 1. The third-order valence-electron chi connectivity index (χ3n) is 3.31. The smallest absolute Gasteiger partial charge is 0.257 e. The molecular weight excluding hydrogens is 236 g/mol. The van der Waals surface area contributed by atoms with E-state index < -0.39 is 11.5 Å².